The third-order valence-electron chi connectivity index (χ3n) is 3.98. The second-order valence-electron chi connectivity index (χ2n) is 5.60. The first-order valence-corrected chi connectivity index (χ1v) is 9.44. The molecule has 0 bridgehead atoms. The highest BCUT2D eigenvalue weighted by atomic mass is 32.2. The van der Waals surface area contributed by atoms with Gasteiger partial charge in [-0.2, -0.15) is 0 Å². The molecule has 140 valence electrons. The van der Waals surface area contributed by atoms with E-state index in [9.17, 15) is 22.0 Å². The predicted octanol–water partition coefficient (Wildman–Crippen LogP) is 0.776. The number of hydrogen-bond donors (Lipinski definition) is 3. The molecule has 1 aromatic carbocycles. The largest absolute Gasteiger partial charge is 0.466 e. The van der Waals surface area contributed by atoms with Crippen LogP contribution in [0.1, 0.15) is 25.8 Å². The van der Waals surface area contributed by atoms with Crippen LogP contribution in [0.4, 0.5) is 8.78 Å². The van der Waals surface area contributed by atoms with Crippen molar-refractivity contribution in [1.82, 2.24) is 15.6 Å². The predicted molar refractivity (Wildman–Crippen MR) is 86.4 cm³/mol. The first-order valence-electron chi connectivity index (χ1n) is 7.90. The molecule has 2 rings (SSSR count). The Bertz CT molecular complexity index is 729. The zero-order valence-corrected chi connectivity index (χ0v) is 14.7. The van der Waals surface area contributed by atoms with Gasteiger partial charge in [0.1, 0.15) is 17.6 Å². The number of carbonyl (C=O) groups excluding carboxylic acids is 1. The molecule has 1 heterocycles. The number of hydrazine groups is 1. The lowest BCUT2D eigenvalue weighted by molar-refractivity contribution is -0.148. The van der Waals surface area contributed by atoms with E-state index in [2.05, 4.69) is 15.6 Å². The number of nitrogens with one attached hydrogen (secondary N) is 3. The summed E-state index contributed by atoms with van der Waals surface area (Å²) in [6.07, 6.45) is 0.509. The van der Waals surface area contributed by atoms with Gasteiger partial charge in [0.05, 0.1) is 6.61 Å². The number of halogens is 2. The monoisotopic (exact) mass is 377 g/mol. The number of rotatable bonds is 7. The Morgan fingerprint density at radius 3 is 2.60 bits per heavy atom. The number of esters is 1. The summed E-state index contributed by atoms with van der Waals surface area (Å²) in [5.74, 6) is -3.18. The van der Waals surface area contributed by atoms with Gasteiger partial charge in [0, 0.05) is 24.2 Å². The number of sulfonamides is 1. The van der Waals surface area contributed by atoms with Gasteiger partial charge < -0.3 is 4.74 Å². The maximum Gasteiger partial charge on any atom is 0.313 e. The van der Waals surface area contributed by atoms with Crippen LogP contribution in [0.15, 0.2) is 18.2 Å². The number of hydrogen-bond acceptors (Lipinski definition) is 6. The molecule has 3 atom stereocenters. The van der Waals surface area contributed by atoms with E-state index in [0.29, 0.717) is 12.5 Å². The first-order chi connectivity index (χ1) is 11.8. The summed E-state index contributed by atoms with van der Waals surface area (Å²) in [7, 11) is -4.03. The van der Waals surface area contributed by atoms with Gasteiger partial charge in [-0.05, 0) is 19.4 Å². The van der Waals surface area contributed by atoms with Crippen molar-refractivity contribution in [3.05, 3.63) is 35.4 Å². The van der Waals surface area contributed by atoms with E-state index in [4.69, 9.17) is 4.74 Å². The van der Waals surface area contributed by atoms with Crippen LogP contribution in [0.2, 0.25) is 0 Å². The Hall–Kier alpha value is -1.62. The fraction of sp³-hybridized carbons (Fsp3) is 0.533. The van der Waals surface area contributed by atoms with Gasteiger partial charge in [0.15, 0.2) is 5.37 Å². The molecule has 3 unspecified atom stereocenters. The summed E-state index contributed by atoms with van der Waals surface area (Å²) in [5.41, 5.74) is 5.36. The summed E-state index contributed by atoms with van der Waals surface area (Å²) in [6, 6.07) is 2.46. The van der Waals surface area contributed by atoms with Crippen LogP contribution >= 0.6 is 0 Å². The smallest absolute Gasteiger partial charge is 0.313 e. The fourth-order valence-corrected chi connectivity index (χ4v) is 4.11. The summed E-state index contributed by atoms with van der Waals surface area (Å²) < 4.78 is 58.9. The molecule has 1 saturated heterocycles. The zero-order valence-electron chi connectivity index (χ0n) is 13.9. The molecular formula is C15H21F2N3O4S. The first kappa shape index (κ1) is 19.7. The van der Waals surface area contributed by atoms with Gasteiger partial charge in [-0.15, -0.1) is 0 Å². The summed E-state index contributed by atoms with van der Waals surface area (Å²) in [6.45, 7) is 3.21. The second kappa shape index (κ2) is 8.17. The van der Waals surface area contributed by atoms with E-state index in [0.717, 1.165) is 12.1 Å². The van der Waals surface area contributed by atoms with Gasteiger partial charge in [-0.25, -0.2) is 27.3 Å². The van der Waals surface area contributed by atoms with Crippen molar-refractivity contribution < 1.29 is 26.7 Å². The second-order valence-corrected chi connectivity index (χ2v) is 7.49. The lowest BCUT2D eigenvalue weighted by Gasteiger charge is -2.21. The van der Waals surface area contributed by atoms with Gasteiger partial charge in [0.2, 0.25) is 10.0 Å². The SMILES string of the molecule is CCOC(=O)C1C(CC)NNC1S(=O)(=O)NCc1ccc(F)cc1F. The van der Waals surface area contributed by atoms with Crippen LogP contribution < -0.4 is 15.6 Å². The van der Waals surface area contributed by atoms with Crippen molar-refractivity contribution >= 4 is 16.0 Å². The molecule has 0 amide bonds. The van der Waals surface area contributed by atoms with Crippen LogP contribution in [0.25, 0.3) is 0 Å². The van der Waals surface area contributed by atoms with E-state index < -0.39 is 45.0 Å². The Labute approximate surface area is 145 Å². The van der Waals surface area contributed by atoms with Crippen molar-refractivity contribution in [2.45, 2.75) is 38.2 Å². The average Bonchev–Trinajstić information content (AvgIpc) is 2.99. The van der Waals surface area contributed by atoms with Gasteiger partial charge >= 0.3 is 5.97 Å². The van der Waals surface area contributed by atoms with Crippen molar-refractivity contribution in [2.75, 3.05) is 6.61 Å². The maximum absolute atomic E-state index is 13.6. The topological polar surface area (TPSA) is 96.5 Å². The minimum absolute atomic E-state index is 0.00402. The standard InChI is InChI=1S/C15H21F2N3O4S/c1-3-12-13(15(21)24-4-2)14(20-19-12)25(22,23)18-8-9-5-6-10(16)7-11(9)17/h5-7,12-14,18-20H,3-4,8H2,1-2H3. The Morgan fingerprint density at radius 2 is 2.00 bits per heavy atom. The molecule has 0 spiro atoms. The van der Waals surface area contributed by atoms with E-state index in [1.165, 1.54) is 0 Å². The van der Waals surface area contributed by atoms with Gasteiger partial charge in [-0.1, -0.05) is 13.0 Å². The van der Waals surface area contributed by atoms with E-state index in [-0.39, 0.29) is 18.7 Å². The van der Waals surface area contributed by atoms with Crippen molar-refractivity contribution in [3.63, 3.8) is 0 Å². The lowest BCUT2D eigenvalue weighted by atomic mass is 10.00. The Balaban J connectivity index is 2.15. The summed E-state index contributed by atoms with van der Waals surface area (Å²) in [4.78, 5) is 12.1. The highest BCUT2D eigenvalue weighted by molar-refractivity contribution is 7.90. The molecule has 25 heavy (non-hydrogen) atoms. The molecule has 1 fully saturated rings. The molecule has 0 saturated carbocycles. The molecule has 1 aromatic rings. The number of carbonyl (C=O) groups is 1. The number of ether oxygens (including phenoxy) is 1. The van der Waals surface area contributed by atoms with Crippen molar-refractivity contribution in [1.29, 1.82) is 0 Å². The minimum atomic E-state index is -4.03. The summed E-state index contributed by atoms with van der Waals surface area (Å²) in [5, 5.41) is -1.26. The third kappa shape index (κ3) is 4.51. The van der Waals surface area contributed by atoms with E-state index in [1.54, 1.807) is 6.92 Å². The van der Waals surface area contributed by atoms with Crippen LogP contribution in [0.3, 0.4) is 0 Å². The fourth-order valence-electron chi connectivity index (χ4n) is 2.67. The molecule has 0 aliphatic carbocycles. The van der Waals surface area contributed by atoms with E-state index >= 15 is 0 Å². The zero-order chi connectivity index (χ0) is 18.6. The molecule has 3 N–H and O–H groups in total. The summed E-state index contributed by atoms with van der Waals surface area (Å²) >= 11 is 0. The maximum atomic E-state index is 13.6. The highest BCUT2D eigenvalue weighted by Crippen LogP contribution is 2.23. The van der Waals surface area contributed by atoms with Gasteiger partial charge in [0.25, 0.3) is 0 Å². The molecule has 1 aliphatic heterocycles. The lowest BCUT2D eigenvalue weighted by Crippen LogP contribution is -2.47. The molecule has 0 radical (unpaired) electrons. The Kier molecular flexibility index (Phi) is 6.44. The van der Waals surface area contributed by atoms with Crippen LogP contribution in [0, 0.1) is 17.6 Å². The normalized spacial score (nSPS) is 23.6. The molecule has 1 aliphatic rings. The minimum Gasteiger partial charge on any atom is -0.466 e. The number of benzene rings is 1. The van der Waals surface area contributed by atoms with E-state index in [1.807, 2.05) is 6.92 Å². The quantitative estimate of drug-likeness (QED) is 0.608. The average molecular weight is 377 g/mol. The van der Waals surface area contributed by atoms with Crippen molar-refractivity contribution in [3.8, 4) is 0 Å². The highest BCUT2D eigenvalue weighted by Gasteiger charge is 2.47. The van der Waals surface area contributed by atoms with Crippen LogP contribution in [-0.4, -0.2) is 32.4 Å². The third-order valence-corrected chi connectivity index (χ3v) is 5.61. The van der Waals surface area contributed by atoms with Gasteiger partial charge in [-0.3, -0.25) is 10.2 Å². The van der Waals surface area contributed by atoms with Crippen molar-refractivity contribution in [2.24, 2.45) is 5.92 Å². The van der Waals surface area contributed by atoms with Crippen LogP contribution in [0.5, 0.6) is 0 Å². The molecule has 7 nitrogen and oxygen atoms in total. The molecule has 10 heteroatoms. The molecular weight excluding hydrogens is 356 g/mol. The molecule has 0 aromatic heterocycles. The Morgan fingerprint density at radius 1 is 1.28 bits per heavy atom. The van der Waals surface area contributed by atoms with Crippen LogP contribution in [-0.2, 0) is 26.1 Å².